The SMILES string of the molecule is CCOC(=O)c1cnc(N2CCN(c3ccc(OC(F)(F)F)cc3)CC2)nc1C. The fourth-order valence-corrected chi connectivity index (χ4v) is 3.04. The molecule has 0 N–H and O–H groups in total. The molecule has 0 bridgehead atoms. The van der Waals surface area contributed by atoms with Gasteiger partial charge in [-0.1, -0.05) is 0 Å². The van der Waals surface area contributed by atoms with E-state index in [0.717, 1.165) is 5.69 Å². The number of carbonyl (C=O) groups excluding carboxylic acids is 1. The van der Waals surface area contributed by atoms with Crippen molar-refractivity contribution in [3.8, 4) is 5.75 Å². The summed E-state index contributed by atoms with van der Waals surface area (Å²) in [4.78, 5) is 24.6. The van der Waals surface area contributed by atoms with Crippen molar-refractivity contribution in [3.63, 3.8) is 0 Å². The quantitative estimate of drug-likeness (QED) is 0.702. The Morgan fingerprint density at radius 2 is 1.72 bits per heavy atom. The average molecular weight is 410 g/mol. The lowest BCUT2D eigenvalue weighted by Crippen LogP contribution is -2.47. The van der Waals surface area contributed by atoms with Gasteiger partial charge in [0.05, 0.1) is 17.9 Å². The van der Waals surface area contributed by atoms with E-state index in [2.05, 4.69) is 19.6 Å². The molecule has 10 heteroatoms. The number of aryl methyl sites for hydroxylation is 1. The first-order chi connectivity index (χ1) is 13.8. The second-order valence-corrected chi connectivity index (χ2v) is 6.41. The molecule has 0 atom stereocenters. The van der Waals surface area contributed by atoms with Gasteiger partial charge in [-0.15, -0.1) is 13.2 Å². The number of ether oxygens (including phenoxy) is 2. The van der Waals surface area contributed by atoms with E-state index in [9.17, 15) is 18.0 Å². The lowest BCUT2D eigenvalue weighted by Gasteiger charge is -2.36. The topological polar surface area (TPSA) is 67.8 Å². The van der Waals surface area contributed by atoms with Gasteiger partial charge in [0.1, 0.15) is 5.75 Å². The fourth-order valence-electron chi connectivity index (χ4n) is 3.04. The monoisotopic (exact) mass is 410 g/mol. The molecule has 0 aliphatic carbocycles. The number of aromatic nitrogens is 2. The Morgan fingerprint density at radius 3 is 2.28 bits per heavy atom. The number of hydrogen-bond acceptors (Lipinski definition) is 7. The summed E-state index contributed by atoms with van der Waals surface area (Å²) >= 11 is 0. The van der Waals surface area contributed by atoms with Crippen molar-refractivity contribution in [2.75, 3.05) is 42.6 Å². The summed E-state index contributed by atoms with van der Waals surface area (Å²) in [7, 11) is 0. The molecule has 7 nitrogen and oxygen atoms in total. The predicted octanol–water partition coefficient (Wildman–Crippen LogP) is 3.19. The number of alkyl halides is 3. The molecule has 0 unspecified atom stereocenters. The highest BCUT2D eigenvalue weighted by molar-refractivity contribution is 5.90. The molecule has 3 rings (SSSR count). The maximum atomic E-state index is 12.3. The van der Waals surface area contributed by atoms with Crippen molar-refractivity contribution in [2.45, 2.75) is 20.2 Å². The highest BCUT2D eigenvalue weighted by Gasteiger charge is 2.31. The number of halogens is 3. The van der Waals surface area contributed by atoms with Crippen LogP contribution in [0.15, 0.2) is 30.5 Å². The second kappa shape index (κ2) is 8.54. The van der Waals surface area contributed by atoms with Gasteiger partial charge in [-0.2, -0.15) is 0 Å². The summed E-state index contributed by atoms with van der Waals surface area (Å²) in [6.07, 6.45) is -3.23. The Hall–Kier alpha value is -3.04. The average Bonchev–Trinajstić information content (AvgIpc) is 2.67. The molecule has 2 heterocycles. The van der Waals surface area contributed by atoms with E-state index in [1.807, 2.05) is 4.90 Å². The molecule has 0 spiro atoms. The van der Waals surface area contributed by atoms with Crippen molar-refractivity contribution in [3.05, 3.63) is 41.7 Å². The molecule has 1 fully saturated rings. The third kappa shape index (κ3) is 5.27. The molecule has 2 aromatic rings. The summed E-state index contributed by atoms with van der Waals surface area (Å²) in [5.41, 5.74) is 1.71. The van der Waals surface area contributed by atoms with Crippen LogP contribution in [0.5, 0.6) is 5.75 Å². The van der Waals surface area contributed by atoms with Crippen LogP contribution in [0, 0.1) is 6.92 Å². The van der Waals surface area contributed by atoms with E-state index in [-0.39, 0.29) is 12.4 Å². The standard InChI is InChI=1S/C19H21F3N4O3/c1-3-28-17(27)16-12-23-18(24-13(16)2)26-10-8-25(9-11-26)14-4-6-15(7-5-14)29-19(20,21)22/h4-7,12H,3,8-11H2,1-2H3. The maximum Gasteiger partial charge on any atom is 0.573 e. The predicted molar refractivity (Wildman–Crippen MR) is 100 cm³/mol. The third-order valence-corrected chi connectivity index (χ3v) is 4.46. The van der Waals surface area contributed by atoms with Gasteiger partial charge in [-0.3, -0.25) is 0 Å². The molecule has 1 aromatic carbocycles. The van der Waals surface area contributed by atoms with Crippen LogP contribution in [0.1, 0.15) is 23.0 Å². The van der Waals surface area contributed by atoms with Gasteiger partial charge in [0.25, 0.3) is 0 Å². The Bertz CT molecular complexity index is 851. The zero-order chi connectivity index (χ0) is 21.0. The van der Waals surface area contributed by atoms with Crippen molar-refractivity contribution in [1.29, 1.82) is 0 Å². The number of anilines is 2. The minimum absolute atomic E-state index is 0.245. The Balaban J connectivity index is 1.60. The summed E-state index contributed by atoms with van der Waals surface area (Å²) < 4.78 is 45.7. The van der Waals surface area contributed by atoms with Gasteiger partial charge in [-0.25, -0.2) is 14.8 Å². The van der Waals surface area contributed by atoms with Crippen LogP contribution in [0.4, 0.5) is 24.8 Å². The third-order valence-electron chi connectivity index (χ3n) is 4.46. The summed E-state index contributed by atoms with van der Waals surface area (Å²) in [6, 6.07) is 5.81. The first kappa shape index (κ1) is 20.7. The molecule has 0 radical (unpaired) electrons. The van der Waals surface area contributed by atoms with Crippen LogP contribution in [-0.2, 0) is 4.74 Å². The van der Waals surface area contributed by atoms with E-state index in [1.54, 1.807) is 26.0 Å². The molecule has 0 saturated carbocycles. The zero-order valence-electron chi connectivity index (χ0n) is 16.1. The zero-order valence-corrected chi connectivity index (χ0v) is 16.1. The molecule has 156 valence electrons. The Labute approximate surface area is 166 Å². The normalized spacial score (nSPS) is 14.7. The summed E-state index contributed by atoms with van der Waals surface area (Å²) in [6.45, 7) is 6.34. The smallest absolute Gasteiger partial charge is 0.462 e. The number of esters is 1. The van der Waals surface area contributed by atoms with Crippen LogP contribution in [0.3, 0.4) is 0 Å². The van der Waals surface area contributed by atoms with E-state index in [1.165, 1.54) is 18.3 Å². The molecule has 0 amide bonds. The Morgan fingerprint density at radius 1 is 1.10 bits per heavy atom. The summed E-state index contributed by atoms with van der Waals surface area (Å²) in [5, 5.41) is 0. The van der Waals surface area contributed by atoms with E-state index < -0.39 is 12.3 Å². The highest BCUT2D eigenvalue weighted by atomic mass is 19.4. The van der Waals surface area contributed by atoms with E-state index >= 15 is 0 Å². The van der Waals surface area contributed by atoms with Crippen LogP contribution < -0.4 is 14.5 Å². The van der Waals surface area contributed by atoms with Crippen LogP contribution in [0.2, 0.25) is 0 Å². The molecular formula is C19H21F3N4O3. The number of rotatable bonds is 5. The second-order valence-electron chi connectivity index (χ2n) is 6.41. The molecular weight excluding hydrogens is 389 g/mol. The highest BCUT2D eigenvalue weighted by Crippen LogP contribution is 2.26. The lowest BCUT2D eigenvalue weighted by molar-refractivity contribution is -0.274. The molecule has 1 aromatic heterocycles. The van der Waals surface area contributed by atoms with E-state index in [0.29, 0.717) is 43.4 Å². The number of benzene rings is 1. The van der Waals surface area contributed by atoms with Crippen molar-refractivity contribution in [1.82, 2.24) is 9.97 Å². The van der Waals surface area contributed by atoms with Crippen LogP contribution in [-0.4, -0.2) is 55.1 Å². The van der Waals surface area contributed by atoms with Gasteiger partial charge in [-0.05, 0) is 38.1 Å². The first-order valence-corrected chi connectivity index (χ1v) is 9.13. The first-order valence-electron chi connectivity index (χ1n) is 9.13. The fraction of sp³-hybridized carbons (Fsp3) is 0.421. The van der Waals surface area contributed by atoms with Gasteiger partial charge >= 0.3 is 12.3 Å². The molecule has 29 heavy (non-hydrogen) atoms. The Kier molecular flexibility index (Phi) is 6.09. The number of hydrogen-bond donors (Lipinski definition) is 0. The molecule has 1 saturated heterocycles. The van der Waals surface area contributed by atoms with Crippen molar-refractivity contribution < 1.29 is 27.4 Å². The van der Waals surface area contributed by atoms with Crippen LogP contribution in [0.25, 0.3) is 0 Å². The van der Waals surface area contributed by atoms with Crippen LogP contribution >= 0.6 is 0 Å². The van der Waals surface area contributed by atoms with E-state index in [4.69, 9.17) is 4.74 Å². The lowest BCUT2D eigenvalue weighted by atomic mass is 10.2. The number of piperazine rings is 1. The number of carbonyl (C=O) groups is 1. The van der Waals surface area contributed by atoms with Gasteiger partial charge in [0, 0.05) is 38.1 Å². The van der Waals surface area contributed by atoms with Crippen molar-refractivity contribution >= 4 is 17.6 Å². The van der Waals surface area contributed by atoms with Gasteiger partial charge < -0.3 is 19.3 Å². The maximum absolute atomic E-state index is 12.3. The number of nitrogens with zero attached hydrogens (tertiary/aromatic N) is 4. The van der Waals surface area contributed by atoms with Crippen molar-refractivity contribution in [2.24, 2.45) is 0 Å². The van der Waals surface area contributed by atoms with Gasteiger partial charge in [0.2, 0.25) is 5.95 Å². The minimum atomic E-state index is -4.70. The molecule has 1 aliphatic heterocycles. The minimum Gasteiger partial charge on any atom is -0.462 e. The molecule has 1 aliphatic rings. The summed E-state index contributed by atoms with van der Waals surface area (Å²) in [5.74, 6) is -0.158. The largest absolute Gasteiger partial charge is 0.573 e. The van der Waals surface area contributed by atoms with Gasteiger partial charge in [0.15, 0.2) is 0 Å².